The van der Waals surface area contributed by atoms with Gasteiger partial charge in [0.2, 0.25) is 0 Å². The maximum atomic E-state index is 14.1. The largest absolute Gasteiger partial charge is 0.382 e. The number of aromatic nitrogens is 3. The highest BCUT2D eigenvalue weighted by atomic mass is 19.1. The zero-order valence-corrected chi connectivity index (χ0v) is 13.7. The van der Waals surface area contributed by atoms with Gasteiger partial charge in [0, 0.05) is 19.3 Å². The lowest BCUT2D eigenvalue weighted by molar-refractivity contribution is 0.214. The van der Waals surface area contributed by atoms with Crippen molar-refractivity contribution in [3.8, 4) is 0 Å². The Bertz CT molecular complexity index is 865. The van der Waals surface area contributed by atoms with Gasteiger partial charge in [0.1, 0.15) is 6.10 Å². The average molecular weight is 338 g/mol. The van der Waals surface area contributed by atoms with Crippen LogP contribution in [0, 0.1) is 5.82 Å². The molecular weight excluding hydrogens is 319 g/mol. The van der Waals surface area contributed by atoms with Crippen molar-refractivity contribution in [2.75, 3.05) is 11.4 Å². The van der Waals surface area contributed by atoms with Gasteiger partial charge >= 0.3 is 0 Å². The molecule has 1 atom stereocenters. The minimum absolute atomic E-state index is 0.319. The quantitative estimate of drug-likeness (QED) is 0.798. The molecular formula is C19H19FN4O. The Balaban J connectivity index is 1.62. The van der Waals surface area contributed by atoms with Crippen LogP contribution in [0.2, 0.25) is 0 Å². The summed E-state index contributed by atoms with van der Waals surface area (Å²) in [5.41, 5.74) is 2.96. The zero-order chi connectivity index (χ0) is 17.2. The predicted molar refractivity (Wildman–Crippen MR) is 92.6 cm³/mol. The summed E-state index contributed by atoms with van der Waals surface area (Å²) in [6.45, 7) is 2.05. The second kappa shape index (κ2) is 6.64. The van der Waals surface area contributed by atoms with E-state index in [4.69, 9.17) is 0 Å². The smallest absolute Gasteiger partial charge is 0.164 e. The number of hydrogen-bond acceptors (Lipinski definition) is 4. The Morgan fingerprint density at radius 2 is 1.96 bits per heavy atom. The molecule has 0 saturated carbocycles. The van der Waals surface area contributed by atoms with E-state index in [-0.39, 0.29) is 5.82 Å². The third kappa shape index (κ3) is 3.13. The summed E-state index contributed by atoms with van der Waals surface area (Å²) in [5, 5.41) is 15.2. The maximum absolute atomic E-state index is 14.1. The van der Waals surface area contributed by atoms with Crippen LogP contribution in [0.3, 0.4) is 0 Å². The van der Waals surface area contributed by atoms with Gasteiger partial charge in [-0.1, -0.05) is 30.3 Å². The first-order chi connectivity index (χ1) is 12.2. The topological polar surface area (TPSA) is 54.2 Å². The van der Waals surface area contributed by atoms with Crippen molar-refractivity contribution in [1.29, 1.82) is 0 Å². The first-order valence-electron chi connectivity index (χ1n) is 8.36. The van der Waals surface area contributed by atoms with Crippen molar-refractivity contribution in [2.45, 2.75) is 25.6 Å². The van der Waals surface area contributed by atoms with Gasteiger partial charge in [0.05, 0.1) is 29.8 Å². The van der Waals surface area contributed by atoms with E-state index in [1.165, 1.54) is 6.20 Å². The van der Waals surface area contributed by atoms with Crippen LogP contribution in [0.4, 0.5) is 10.1 Å². The monoisotopic (exact) mass is 338 g/mol. The molecule has 128 valence electrons. The second-order valence-corrected chi connectivity index (χ2v) is 6.20. The van der Waals surface area contributed by atoms with Crippen molar-refractivity contribution in [2.24, 2.45) is 0 Å². The molecule has 1 aromatic carbocycles. The molecule has 3 aromatic rings. The molecule has 1 aliphatic rings. The standard InChI is InChI=1S/C19H19FN4O/c20-16-12-21-8-7-18(16)23-9-4-10-24-15(13-23)11-17(22-24)19(25)14-5-2-1-3-6-14/h1-3,5-8,11-12,19,25H,4,9-10,13H2. The molecule has 6 heteroatoms. The number of fused-ring (bicyclic) bond motifs is 1. The minimum Gasteiger partial charge on any atom is -0.382 e. The van der Waals surface area contributed by atoms with Crippen LogP contribution in [-0.2, 0) is 13.1 Å². The van der Waals surface area contributed by atoms with Gasteiger partial charge in [-0.2, -0.15) is 5.10 Å². The molecule has 1 aliphatic heterocycles. The summed E-state index contributed by atoms with van der Waals surface area (Å²) in [5.74, 6) is -0.319. The lowest BCUT2D eigenvalue weighted by Crippen LogP contribution is -2.23. The van der Waals surface area contributed by atoms with Crippen LogP contribution in [0.15, 0.2) is 54.9 Å². The molecule has 3 heterocycles. The van der Waals surface area contributed by atoms with Crippen LogP contribution in [0.1, 0.15) is 29.5 Å². The zero-order valence-electron chi connectivity index (χ0n) is 13.7. The number of nitrogens with zero attached hydrogens (tertiary/aromatic N) is 4. The fraction of sp³-hybridized carbons (Fsp3) is 0.263. The highest BCUT2D eigenvalue weighted by Crippen LogP contribution is 2.26. The van der Waals surface area contributed by atoms with E-state index in [1.54, 1.807) is 12.3 Å². The molecule has 1 unspecified atom stereocenters. The highest BCUT2D eigenvalue weighted by Gasteiger charge is 2.22. The van der Waals surface area contributed by atoms with Crippen molar-refractivity contribution in [3.63, 3.8) is 0 Å². The van der Waals surface area contributed by atoms with Gasteiger partial charge in [-0.3, -0.25) is 9.67 Å². The number of rotatable bonds is 3. The van der Waals surface area contributed by atoms with E-state index in [9.17, 15) is 9.50 Å². The summed E-state index contributed by atoms with van der Waals surface area (Å²) < 4.78 is 16.0. The minimum atomic E-state index is -0.758. The average Bonchev–Trinajstić information content (AvgIpc) is 2.94. The van der Waals surface area contributed by atoms with Crippen molar-refractivity contribution in [3.05, 3.63) is 77.6 Å². The normalized spacial score (nSPS) is 15.5. The molecule has 2 aromatic heterocycles. The first-order valence-corrected chi connectivity index (χ1v) is 8.36. The molecule has 0 radical (unpaired) electrons. The maximum Gasteiger partial charge on any atom is 0.164 e. The molecule has 0 bridgehead atoms. The van der Waals surface area contributed by atoms with Gasteiger partial charge in [-0.05, 0) is 24.1 Å². The van der Waals surface area contributed by atoms with E-state index < -0.39 is 6.10 Å². The van der Waals surface area contributed by atoms with Gasteiger partial charge in [-0.15, -0.1) is 0 Å². The number of anilines is 1. The summed E-state index contributed by atoms with van der Waals surface area (Å²) in [4.78, 5) is 5.81. The number of aliphatic hydroxyl groups is 1. The van der Waals surface area contributed by atoms with Crippen molar-refractivity contribution >= 4 is 5.69 Å². The summed E-state index contributed by atoms with van der Waals surface area (Å²) in [7, 11) is 0. The third-order valence-electron chi connectivity index (χ3n) is 4.52. The number of pyridine rings is 1. The molecule has 0 spiro atoms. The fourth-order valence-corrected chi connectivity index (χ4v) is 3.25. The number of benzene rings is 1. The van der Waals surface area contributed by atoms with Crippen molar-refractivity contribution in [1.82, 2.24) is 14.8 Å². The Labute approximate surface area is 145 Å². The van der Waals surface area contributed by atoms with Crippen LogP contribution >= 0.6 is 0 Å². The molecule has 0 aliphatic carbocycles. The Morgan fingerprint density at radius 1 is 1.12 bits per heavy atom. The lowest BCUT2D eigenvalue weighted by Gasteiger charge is -2.22. The predicted octanol–water partition coefficient (Wildman–Crippen LogP) is 2.91. The lowest BCUT2D eigenvalue weighted by atomic mass is 10.1. The molecule has 0 amide bonds. The SMILES string of the molecule is OC(c1ccccc1)c1cc2n(n1)CCCN(c1ccncc1F)C2. The summed E-state index contributed by atoms with van der Waals surface area (Å²) in [6.07, 6.45) is 2.94. The van der Waals surface area contributed by atoms with Crippen LogP contribution < -0.4 is 4.90 Å². The van der Waals surface area contributed by atoms with E-state index in [2.05, 4.69) is 10.1 Å². The van der Waals surface area contributed by atoms with E-state index in [1.807, 2.05) is 46.0 Å². The van der Waals surface area contributed by atoms with Gasteiger partial charge in [0.15, 0.2) is 5.82 Å². The Hall–Kier alpha value is -2.73. The van der Waals surface area contributed by atoms with Crippen LogP contribution in [0.25, 0.3) is 0 Å². The Morgan fingerprint density at radius 3 is 2.76 bits per heavy atom. The molecule has 25 heavy (non-hydrogen) atoms. The number of aliphatic hydroxyl groups excluding tert-OH is 1. The van der Waals surface area contributed by atoms with E-state index in [0.717, 1.165) is 30.8 Å². The first kappa shape index (κ1) is 15.8. The molecule has 4 rings (SSSR count). The molecule has 5 nitrogen and oxygen atoms in total. The number of aryl methyl sites for hydroxylation is 1. The highest BCUT2D eigenvalue weighted by molar-refractivity contribution is 5.47. The summed E-state index contributed by atoms with van der Waals surface area (Å²) in [6, 6.07) is 13.1. The van der Waals surface area contributed by atoms with E-state index >= 15 is 0 Å². The number of hydrogen-bond donors (Lipinski definition) is 1. The van der Waals surface area contributed by atoms with Gasteiger partial charge in [-0.25, -0.2) is 4.39 Å². The van der Waals surface area contributed by atoms with E-state index in [0.29, 0.717) is 17.9 Å². The second-order valence-electron chi connectivity index (χ2n) is 6.20. The van der Waals surface area contributed by atoms with Crippen molar-refractivity contribution < 1.29 is 9.50 Å². The molecule has 1 N–H and O–H groups in total. The fourth-order valence-electron chi connectivity index (χ4n) is 3.25. The molecule has 0 saturated heterocycles. The Kier molecular flexibility index (Phi) is 4.19. The van der Waals surface area contributed by atoms with Gasteiger partial charge < -0.3 is 10.0 Å². The number of halogens is 1. The molecule has 0 fully saturated rings. The summed E-state index contributed by atoms with van der Waals surface area (Å²) >= 11 is 0. The third-order valence-corrected chi connectivity index (χ3v) is 4.52. The van der Waals surface area contributed by atoms with Crippen LogP contribution in [-0.4, -0.2) is 26.4 Å². The van der Waals surface area contributed by atoms with Gasteiger partial charge in [0.25, 0.3) is 0 Å². The van der Waals surface area contributed by atoms with Crippen LogP contribution in [0.5, 0.6) is 0 Å².